The molecule has 2 N–H and O–H groups in total. The highest BCUT2D eigenvalue weighted by Crippen LogP contribution is 2.35. The van der Waals surface area contributed by atoms with Crippen LogP contribution in [0.1, 0.15) is 40.1 Å². The van der Waals surface area contributed by atoms with Gasteiger partial charge in [0.25, 0.3) is 5.91 Å². The predicted octanol–water partition coefficient (Wildman–Crippen LogP) is 5.22. The van der Waals surface area contributed by atoms with E-state index in [0.29, 0.717) is 22.0 Å². The molecular weight excluding hydrogens is 470 g/mol. The average molecular weight is 498 g/mol. The number of carbonyl (C=O) groups is 2. The number of carbonyl (C=O) groups excluding carboxylic acids is 2. The Bertz CT molecular complexity index is 1250. The van der Waals surface area contributed by atoms with E-state index in [-0.39, 0.29) is 23.8 Å². The third kappa shape index (κ3) is 4.78. The largest absolute Gasteiger partial charge is 0.496 e. The molecule has 2 heterocycles. The van der Waals surface area contributed by atoms with Crippen LogP contribution in [-0.4, -0.2) is 43.0 Å². The Morgan fingerprint density at radius 3 is 2.74 bits per heavy atom. The lowest BCUT2D eigenvalue weighted by Gasteiger charge is -2.18. The summed E-state index contributed by atoms with van der Waals surface area (Å²) in [4.78, 5) is 29.0. The number of nitrogens with one attached hydrogen (secondary N) is 2. The van der Waals surface area contributed by atoms with Gasteiger partial charge in [-0.2, -0.15) is 0 Å². The zero-order valence-electron chi connectivity index (χ0n) is 19.3. The van der Waals surface area contributed by atoms with Gasteiger partial charge in [-0.15, -0.1) is 11.3 Å². The van der Waals surface area contributed by atoms with Crippen molar-refractivity contribution in [3.8, 4) is 5.75 Å². The average Bonchev–Trinajstić information content (AvgIpc) is 3.53. The lowest BCUT2D eigenvalue weighted by atomic mass is 10.1. The minimum atomic E-state index is -0.219. The number of anilines is 1. The number of fused-ring (bicyclic) bond motifs is 1. The SMILES string of the molecule is COc1cc(NC(=O)C2CC2)c(Cl)cc1C(=O)NC1CCN(Cc2sc3ccccc3c2C)C1. The monoisotopic (exact) mass is 497 g/mol. The maximum Gasteiger partial charge on any atom is 0.255 e. The lowest BCUT2D eigenvalue weighted by Crippen LogP contribution is -2.37. The van der Waals surface area contributed by atoms with E-state index < -0.39 is 0 Å². The maximum absolute atomic E-state index is 13.1. The van der Waals surface area contributed by atoms with E-state index in [0.717, 1.165) is 38.9 Å². The molecule has 2 amide bonds. The molecule has 1 aliphatic carbocycles. The van der Waals surface area contributed by atoms with Gasteiger partial charge in [0.05, 0.1) is 23.4 Å². The fourth-order valence-corrected chi connectivity index (χ4v) is 5.98. The van der Waals surface area contributed by atoms with Crippen LogP contribution in [0.4, 0.5) is 5.69 Å². The highest BCUT2D eigenvalue weighted by Gasteiger charge is 2.31. The summed E-state index contributed by atoms with van der Waals surface area (Å²) in [6, 6.07) is 11.8. The van der Waals surface area contributed by atoms with E-state index in [2.05, 4.69) is 46.7 Å². The van der Waals surface area contributed by atoms with Gasteiger partial charge in [-0.1, -0.05) is 29.8 Å². The summed E-state index contributed by atoms with van der Waals surface area (Å²) in [5, 5.41) is 7.63. The van der Waals surface area contributed by atoms with Crippen molar-refractivity contribution in [3.63, 3.8) is 0 Å². The Kier molecular flexibility index (Phi) is 6.51. The third-order valence-corrected chi connectivity index (χ3v) is 8.23. The molecule has 0 spiro atoms. The molecule has 2 aliphatic rings. The predicted molar refractivity (Wildman–Crippen MR) is 137 cm³/mol. The Labute approximate surface area is 208 Å². The van der Waals surface area contributed by atoms with Gasteiger partial charge in [0.2, 0.25) is 5.91 Å². The Hall–Kier alpha value is -2.61. The van der Waals surface area contributed by atoms with Crippen LogP contribution >= 0.6 is 22.9 Å². The van der Waals surface area contributed by atoms with Gasteiger partial charge >= 0.3 is 0 Å². The second-order valence-electron chi connectivity index (χ2n) is 9.14. The first-order valence-corrected chi connectivity index (χ1v) is 12.8. The highest BCUT2D eigenvalue weighted by molar-refractivity contribution is 7.19. The van der Waals surface area contributed by atoms with Crippen LogP contribution in [0, 0.1) is 12.8 Å². The fourth-order valence-electron chi connectivity index (χ4n) is 4.51. The number of likely N-dealkylation sites (tertiary alicyclic amines) is 1. The second kappa shape index (κ2) is 9.56. The standard InChI is InChI=1S/C26H28ClN3O3S/c1-15-18-5-3-4-6-23(18)34-24(15)14-30-10-9-17(13-30)28-26(32)19-11-20(27)21(12-22(19)33-2)29-25(31)16-7-8-16/h3-6,11-12,16-17H,7-10,13-14H2,1-2H3,(H,28,32)(H,29,31). The molecule has 0 radical (unpaired) electrons. The molecule has 1 saturated heterocycles. The van der Waals surface area contributed by atoms with Crippen LogP contribution in [0.2, 0.25) is 5.02 Å². The summed E-state index contributed by atoms with van der Waals surface area (Å²) in [5.74, 6) is 0.195. The number of halogens is 1. The summed E-state index contributed by atoms with van der Waals surface area (Å²) >= 11 is 8.24. The van der Waals surface area contributed by atoms with Crippen molar-refractivity contribution in [2.75, 3.05) is 25.5 Å². The summed E-state index contributed by atoms with van der Waals surface area (Å²) in [6.45, 7) is 4.81. The van der Waals surface area contributed by atoms with Crippen LogP contribution in [-0.2, 0) is 11.3 Å². The molecule has 1 aliphatic heterocycles. The molecule has 0 bridgehead atoms. The van der Waals surface area contributed by atoms with Crippen LogP contribution < -0.4 is 15.4 Å². The van der Waals surface area contributed by atoms with E-state index >= 15 is 0 Å². The fraction of sp³-hybridized carbons (Fsp3) is 0.385. The summed E-state index contributed by atoms with van der Waals surface area (Å²) < 4.78 is 6.77. The van der Waals surface area contributed by atoms with E-state index in [1.807, 2.05) is 11.3 Å². The number of methoxy groups -OCH3 is 1. The molecule has 1 saturated carbocycles. The quantitative estimate of drug-likeness (QED) is 0.469. The molecule has 34 heavy (non-hydrogen) atoms. The third-order valence-electron chi connectivity index (χ3n) is 6.66. The second-order valence-corrected chi connectivity index (χ2v) is 10.7. The molecule has 2 fully saturated rings. The van der Waals surface area contributed by atoms with Crippen LogP contribution in [0.15, 0.2) is 36.4 Å². The number of aryl methyl sites for hydroxylation is 1. The minimum Gasteiger partial charge on any atom is -0.496 e. The number of benzene rings is 2. The van der Waals surface area contributed by atoms with Crippen molar-refractivity contribution in [3.05, 3.63) is 57.4 Å². The molecule has 5 rings (SSSR count). The number of amides is 2. The normalized spacial score (nSPS) is 18.3. The summed E-state index contributed by atoms with van der Waals surface area (Å²) in [7, 11) is 1.51. The molecule has 3 aromatic rings. The van der Waals surface area contributed by atoms with Crippen molar-refractivity contribution >= 4 is 50.5 Å². The number of nitrogens with zero attached hydrogens (tertiary/aromatic N) is 1. The van der Waals surface area contributed by atoms with Crippen molar-refractivity contribution in [2.24, 2.45) is 5.92 Å². The smallest absolute Gasteiger partial charge is 0.255 e. The Balaban J connectivity index is 1.23. The molecule has 1 aromatic heterocycles. The van der Waals surface area contributed by atoms with E-state index in [1.54, 1.807) is 12.1 Å². The van der Waals surface area contributed by atoms with E-state index in [9.17, 15) is 9.59 Å². The van der Waals surface area contributed by atoms with Crippen molar-refractivity contribution in [1.82, 2.24) is 10.2 Å². The minimum absolute atomic E-state index is 0.0407. The lowest BCUT2D eigenvalue weighted by molar-refractivity contribution is -0.117. The molecule has 178 valence electrons. The van der Waals surface area contributed by atoms with Gasteiger partial charge in [-0.25, -0.2) is 0 Å². The number of ether oxygens (including phenoxy) is 1. The van der Waals surface area contributed by atoms with E-state index in [4.69, 9.17) is 16.3 Å². The number of hydrogen-bond donors (Lipinski definition) is 2. The van der Waals surface area contributed by atoms with Gasteiger partial charge < -0.3 is 15.4 Å². The molecule has 6 nitrogen and oxygen atoms in total. The first kappa shape index (κ1) is 23.1. The van der Waals surface area contributed by atoms with Crippen LogP contribution in [0.3, 0.4) is 0 Å². The Morgan fingerprint density at radius 1 is 1.21 bits per heavy atom. The van der Waals surface area contributed by atoms with Crippen molar-refractivity contribution in [2.45, 2.75) is 38.8 Å². The van der Waals surface area contributed by atoms with Gasteiger partial charge in [-0.05, 0) is 49.3 Å². The zero-order valence-corrected chi connectivity index (χ0v) is 20.9. The first-order chi connectivity index (χ1) is 16.4. The number of rotatable bonds is 7. The van der Waals surface area contributed by atoms with Crippen LogP contribution in [0.25, 0.3) is 10.1 Å². The molecular formula is C26H28ClN3O3S. The van der Waals surface area contributed by atoms with Crippen molar-refractivity contribution in [1.29, 1.82) is 0 Å². The zero-order chi connectivity index (χ0) is 23.8. The van der Waals surface area contributed by atoms with Crippen LogP contribution in [0.5, 0.6) is 5.75 Å². The van der Waals surface area contributed by atoms with Gasteiger partial charge in [0, 0.05) is 47.2 Å². The summed E-state index contributed by atoms with van der Waals surface area (Å²) in [6.07, 6.45) is 2.70. The van der Waals surface area contributed by atoms with Gasteiger partial charge in [0.1, 0.15) is 5.75 Å². The maximum atomic E-state index is 13.1. The van der Waals surface area contributed by atoms with E-state index in [1.165, 1.54) is 27.6 Å². The first-order valence-electron chi connectivity index (χ1n) is 11.6. The molecule has 2 aromatic carbocycles. The van der Waals surface area contributed by atoms with Gasteiger partial charge in [0.15, 0.2) is 0 Å². The summed E-state index contributed by atoms with van der Waals surface area (Å²) in [5.41, 5.74) is 2.19. The number of thiophene rings is 1. The highest BCUT2D eigenvalue weighted by atomic mass is 35.5. The molecule has 1 unspecified atom stereocenters. The van der Waals surface area contributed by atoms with Gasteiger partial charge in [-0.3, -0.25) is 14.5 Å². The molecule has 8 heteroatoms. The molecule has 1 atom stereocenters. The van der Waals surface area contributed by atoms with Crippen molar-refractivity contribution < 1.29 is 14.3 Å². The number of hydrogen-bond acceptors (Lipinski definition) is 5. The Morgan fingerprint density at radius 2 is 2.00 bits per heavy atom. The topological polar surface area (TPSA) is 70.7 Å².